The second-order valence-corrected chi connectivity index (χ2v) is 6.56. The van der Waals surface area contributed by atoms with Crippen LogP contribution in [-0.2, 0) is 6.61 Å². The number of para-hydroxylation sites is 1. The first-order valence-electron chi connectivity index (χ1n) is 9.29. The number of benzene rings is 3. The molecule has 0 atom stereocenters. The number of nitrogens with one attached hydrogen (secondary N) is 1. The molecular formula is C24H20N2O3. The second-order valence-electron chi connectivity index (χ2n) is 6.56. The molecule has 3 aromatic carbocycles. The molecular weight excluding hydrogens is 364 g/mol. The number of hydrogen-bond donors (Lipinski definition) is 2. The molecule has 1 heterocycles. The second kappa shape index (κ2) is 8.02. The van der Waals surface area contributed by atoms with Crippen LogP contribution in [-0.4, -0.2) is 23.1 Å². The Hall–Kier alpha value is -3.86. The number of aromatic nitrogens is 1. The molecule has 1 aromatic heterocycles. The summed E-state index contributed by atoms with van der Waals surface area (Å²) >= 11 is 0. The number of pyridine rings is 1. The number of carbonyl (C=O) groups is 1. The zero-order chi connectivity index (χ0) is 20.2. The summed E-state index contributed by atoms with van der Waals surface area (Å²) in [6.07, 6.45) is 0. The lowest BCUT2D eigenvalue weighted by Gasteiger charge is -2.17. The van der Waals surface area contributed by atoms with E-state index in [1.807, 2.05) is 78.9 Å². The van der Waals surface area contributed by atoms with Crippen LogP contribution in [0.15, 0.2) is 78.9 Å². The lowest BCUT2D eigenvalue weighted by Crippen LogP contribution is -2.10. The maximum Gasteiger partial charge on any atom is 0.356 e. The van der Waals surface area contributed by atoms with Crippen molar-refractivity contribution < 1.29 is 14.6 Å². The summed E-state index contributed by atoms with van der Waals surface area (Å²) in [4.78, 5) is 16.4. The van der Waals surface area contributed by atoms with E-state index in [4.69, 9.17) is 4.74 Å². The van der Waals surface area contributed by atoms with Gasteiger partial charge in [0.25, 0.3) is 0 Å². The van der Waals surface area contributed by atoms with Crippen molar-refractivity contribution in [2.75, 3.05) is 12.4 Å². The van der Waals surface area contributed by atoms with E-state index in [0.29, 0.717) is 23.6 Å². The molecule has 2 N–H and O–H groups in total. The highest BCUT2D eigenvalue weighted by atomic mass is 16.5. The van der Waals surface area contributed by atoms with Crippen molar-refractivity contribution in [1.82, 2.24) is 4.98 Å². The third kappa shape index (κ3) is 3.62. The van der Waals surface area contributed by atoms with Crippen LogP contribution in [0.5, 0.6) is 5.75 Å². The molecule has 4 rings (SSSR count). The molecule has 5 nitrogen and oxygen atoms in total. The lowest BCUT2D eigenvalue weighted by molar-refractivity contribution is 0.0691. The number of aromatic carboxylic acids is 1. The SMILES string of the molecule is CNc1c(C(=O)O)nc2c(-c3ccccc3)cccc2c1OCc1ccccc1. The minimum absolute atomic E-state index is 0.0635. The van der Waals surface area contributed by atoms with E-state index in [1.165, 1.54) is 0 Å². The summed E-state index contributed by atoms with van der Waals surface area (Å²) in [7, 11) is 1.67. The average Bonchev–Trinajstić information content (AvgIpc) is 2.77. The normalized spacial score (nSPS) is 10.7. The Morgan fingerprint density at radius 1 is 0.966 bits per heavy atom. The maximum absolute atomic E-state index is 11.9. The fourth-order valence-electron chi connectivity index (χ4n) is 3.37. The molecule has 0 fully saturated rings. The number of carboxylic acids is 1. The molecule has 144 valence electrons. The van der Waals surface area contributed by atoms with Crippen molar-refractivity contribution in [3.05, 3.63) is 90.1 Å². The molecule has 0 aliphatic carbocycles. The third-order valence-corrected chi connectivity index (χ3v) is 4.73. The number of fused-ring (bicyclic) bond motifs is 1. The van der Waals surface area contributed by atoms with Crippen LogP contribution in [0.4, 0.5) is 5.69 Å². The van der Waals surface area contributed by atoms with Gasteiger partial charge in [0.1, 0.15) is 12.3 Å². The zero-order valence-corrected chi connectivity index (χ0v) is 15.9. The Bertz CT molecular complexity index is 1160. The molecule has 0 radical (unpaired) electrons. The molecule has 0 bridgehead atoms. The van der Waals surface area contributed by atoms with Gasteiger partial charge in [-0.1, -0.05) is 72.8 Å². The van der Waals surface area contributed by atoms with E-state index >= 15 is 0 Å². The fraction of sp³-hybridized carbons (Fsp3) is 0.0833. The average molecular weight is 384 g/mol. The zero-order valence-electron chi connectivity index (χ0n) is 15.9. The van der Waals surface area contributed by atoms with E-state index < -0.39 is 5.97 Å². The van der Waals surface area contributed by atoms with Crippen molar-refractivity contribution in [3.8, 4) is 16.9 Å². The lowest BCUT2D eigenvalue weighted by atomic mass is 10.0. The van der Waals surface area contributed by atoms with Gasteiger partial charge in [-0.15, -0.1) is 0 Å². The summed E-state index contributed by atoms with van der Waals surface area (Å²) in [5.41, 5.74) is 3.72. The van der Waals surface area contributed by atoms with Crippen LogP contribution in [0.1, 0.15) is 16.1 Å². The topological polar surface area (TPSA) is 71.5 Å². The van der Waals surface area contributed by atoms with Gasteiger partial charge < -0.3 is 15.2 Å². The Morgan fingerprint density at radius 2 is 1.66 bits per heavy atom. The highest BCUT2D eigenvalue weighted by molar-refractivity contribution is 6.05. The van der Waals surface area contributed by atoms with Crippen LogP contribution < -0.4 is 10.1 Å². The molecule has 5 heteroatoms. The standard InChI is InChI=1S/C24H20N2O3/c1-25-21-22(24(27)28)26-20-18(17-11-6-3-7-12-17)13-8-14-19(20)23(21)29-15-16-9-4-2-5-10-16/h2-14,25H,15H2,1H3,(H,27,28). The summed E-state index contributed by atoms with van der Waals surface area (Å²) in [6.45, 7) is 0.323. The first-order valence-corrected chi connectivity index (χ1v) is 9.29. The van der Waals surface area contributed by atoms with Crippen LogP contribution in [0.2, 0.25) is 0 Å². The fourth-order valence-corrected chi connectivity index (χ4v) is 3.37. The van der Waals surface area contributed by atoms with E-state index in [0.717, 1.165) is 22.1 Å². The number of rotatable bonds is 6. The molecule has 0 amide bonds. The Kier molecular flexibility index (Phi) is 5.12. The smallest absolute Gasteiger partial charge is 0.356 e. The van der Waals surface area contributed by atoms with Crippen molar-refractivity contribution in [1.29, 1.82) is 0 Å². The summed E-state index contributed by atoms with van der Waals surface area (Å²) in [6, 6.07) is 25.3. The van der Waals surface area contributed by atoms with Crippen molar-refractivity contribution in [3.63, 3.8) is 0 Å². The van der Waals surface area contributed by atoms with Crippen molar-refractivity contribution in [2.45, 2.75) is 6.61 Å². The molecule has 0 aliphatic rings. The molecule has 0 saturated heterocycles. The van der Waals surface area contributed by atoms with Gasteiger partial charge in [-0.25, -0.2) is 9.78 Å². The van der Waals surface area contributed by atoms with Gasteiger partial charge in [0.05, 0.1) is 5.52 Å². The van der Waals surface area contributed by atoms with E-state index in [1.54, 1.807) is 7.05 Å². The highest BCUT2D eigenvalue weighted by Crippen LogP contribution is 2.39. The van der Waals surface area contributed by atoms with Gasteiger partial charge in [0, 0.05) is 18.0 Å². The summed E-state index contributed by atoms with van der Waals surface area (Å²) in [5, 5.41) is 13.5. The van der Waals surface area contributed by atoms with Gasteiger partial charge in [-0.3, -0.25) is 0 Å². The number of nitrogens with zero attached hydrogens (tertiary/aromatic N) is 1. The minimum Gasteiger partial charge on any atom is -0.486 e. The van der Waals surface area contributed by atoms with Gasteiger partial charge in [-0.2, -0.15) is 0 Å². The van der Waals surface area contributed by atoms with Gasteiger partial charge in [-0.05, 0) is 17.2 Å². The van der Waals surface area contributed by atoms with E-state index in [2.05, 4.69) is 10.3 Å². The van der Waals surface area contributed by atoms with Gasteiger partial charge in [0.15, 0.2) is 11.4 Å². The predicted octanol–water partition coefficient (Wildman–Crippen LogP) is 5.22. The first-order chi connectivity index (χ1) is 14.2. The minimum atomic E-state index is -1.11. The summed E-state index contributed by atoms with van der Waals surface area (Å²) in [5.74, 6) is -0.625. The Labute approximate surface area is 168 Å². The molecule has 29 heavy (non-hydrogen) atoms. The predicted molar refractivity (Wildman–Crippen MR) is 114 cm³/mol. The van der Waals surface area contributed by atoms with Gasteiger partial charge >= 0.3 is 5.97 Å². The van der Waals surface area contributed by atoms with Crippen LogP contribution in [0, 0.1) is 0 Å². The largest absolute Gasteiger partial charge is 0.486 e. The van der Waals surface area contributed by atoms with Crippen LogP contribution >= 0.6 is 0 Å². The van der Waals surface area contributed by atoms with Crippen molar-refractivity contribution in [2.24, 2.45) is 0 Å². The van der Waals surface area contributed by atoms with Crippen molar-refractivity contribution >= 4 is 22.6 Å². The molecule has 0 unspecified atom stereocenters. The number of hydrogen-bond acceptors (Lipinski definition) is 4. The Morgan fingerprint density at radius 3 is 2.31 bits per heavy atom. The van der Waals surface area contributed by atoms with Gasteiger partial charge in [0.2, 0.25) is 0 Å². The molecule has 0 aliphatic heterocycles. The number of anilines is 1. The third-order valence-electron chi connectivity index (χ3n) is 4.73. The Balaban J connectivity index is 1.93. The van der Waals surface area contributed by atoms with Crippen LogP contribution in [0.25, 0.3) is 22.0 Å². The number of ether oxygens (including phenoxy) is 1. The molecule has 0 saturated carbocycles. The van der Waals surface area contributed by atoms with E-state index in [9.17, 15) is 9.90 Å². The highest BCUT2D eigenvalue weighted by Gasteiger charge is 2.22. The monoisotopic (exact) mass is 384 g/mol. The van der Waals surface area contributed by atoms with E-state index in [-0.39, 0.29) is 5.69 Å². The summed E-state index contributed by atoms with van der Waals surface area (Å²) < 4.78 is 6.14. The molecule has 0 spiro atoms. The number of carboxylic acid groups (broad SMARTS) is 1. The van der Waals surface area contributed by atoms with Crippen LogP contribution in [0.3, 0.4) is 0 Å². The quantitative estimate of drug-likeness (QED) is 0.477. The maximum atomic E-state index is 11.9. The molecule has 4 aromatic rings. The first kappa shape index (κ1) is 18.5.